The number of fused-ring (bicyclic) bond motifs is 2. The van der Waals surface area contributed by atoms with Crippen molar-refractivity contribution < 1.29 is 14.4 Å². The van der Waals surface area contributed by atoms with Crippen LogP contribution >= 0.6 is 0 Å². The van der Waals surface area contributed by atoms with Gasteiger partial charge in [0.2, 0.25) is 5.91 Å². The highest BCUT2D eigenvalue weighted by atomic mass is 16.2. The molecule has 35 heavy (non-hydrogen) atoms. The van der Waals surface area contributed by atoms with Crippen molar-refractivity contribution in [1.82, 2.24) is 24.6 Å². The van der Waals surface area contributed by atoms with Crippen LogP contribution in [0.5, 0.6) is 0 Å². The van der Waals surface area contributed by atoms with Crippen molar-refractivity contribution in [1.29, 1.82) is 0 Å². The zero-order valence-electron chi connectivity index (χ0n) is 20.7. The minimum absolute atomic E-state index is 0.000900. The number of hydrogen-bond donors (Lipinski definition) is 0. The van der Waals surface area contributed by atoms with E-state index in [1.807, 2.05) is 30.0 Å². The number of nitrogens with zero attached hydrogens (tertiary/aromatic N) is 5. The molecule has 1 aliphatic heterocycles. The van der Waals surface area contributed by atoms with Crippen LogP contribution in [0.15, 0.2) is 30.6 Å². The van der Waals surface area contributed by atoms with E-state index in [9.17, 15) is 14.4 Å². The Labute approximate surface area is 204 Å². The van der Waals surface area contributed by atoms with Gasteiger partial charge in [-0.15, -0.1) is 0 Å². The first-order chi connectivity index (χ1) is 16.7. The average Bonchev–Trinajstić information content (AvgIpc) is 3.20. The van der Waals surface area contributed by atoms with Gasteiger partial charge in [-0.1, -0.05) is 26.3 Å². The molecule has 0 N–H and O–H groups in total. The number of hydrogen-bond acceptors (Lipinski definition) is 6. The number of ketones is 2. The molecule has 2 aliphatic rings. The number of likely N-dealkylation sites (tertiary alicyclic amines) is 1. The summed E-state index contributed by atoms with van der Waals surface area (Å²) in [6.45, 7) is 7.54. The third-order valence-corrected chi connectivity index (χ3v) is 7.55. The second kappa shape index (κ2) is 8.66. The van der Waals surface area contributed by atoms with E-state index in [0.29, 0.717) is 28.8 Å². The lowest BCUT2D eigenvalue weighted by molar-refractivity contribution is -0.139. The first kappa shape index (κ1) is 23.3. The quantitative estimate of drug-likeness (QED) is 0.456. The molecule has 1 aromatic carbocycles. The molecule has 0 radical (unpaired) electrons. The highest BCUT2D eigenvalue weighted by Crippen LogP contribution is 2.59. The molecule has 1 amide bonds. The van der Waals surface area contributed by atoms with Crippen LogP contribution in [0.1, 0.15) is 69.2 Å². The molecule has 0 unspecified atom stereocenters. The summed E-state index contributed by atoms with van der Waals surface area (Å²) in [4.78, 5) is 49.2. The van der Waals surface area contributed by atoms with Gasteiger partial charge < -0.3 is 4.90 Å². The number of Topliss-reactive ketones (excluding diaryl/α,β-unsaturated/α-hetero) is 2. The molecule has 8 heteroatoms. The summed E-state index contributed by atoms with van der Waals surface area (Å²) in [7, 11) is 0. The highest BCUT2D eigenvalue weighted by Gasteiger charge is 2.64. The van der Waals surface area contributed by atoms with Crippen LogP contribution in [0.3, 0.4) is 0 Å². The minimum Gasteiger partial charge on any atom is -0.327 e. The lowest BCUT2D eigenvalue weighted by atomic mass is 9.97. The summed E-state index contributed by atoms with van der Waals surface area (Å²) in [6, 6.07) is 5.48. The van der Waals surface area contributed by atoms with Gasteiger partial charge in [-0.05, 0) is 49.3 Å². The normalized spacial score (nSPS) is 22.9. The van der Waals surface area contributed by atoms with E-state index in [0.717, 1.165) is 36.8 Å². The molecule has 1 aliphatic carbocycles. The highest BCUT2D eigenvalue weighted by molar-refractivity contribution is 6.06. The first-order valence-corrected chi connectivity index (χ1v) is 12.4. The Hall–Kier alpha value is -3.42. The fraction of sp³-hybridized carbons (Fsp3) is 0.481. The average molecular weight is 474 g/mol. The van der Waals surface area contributed by atoms with Crippen LogP contribution < -0.4 is 0 Å². The molecule has 2 fully saturated rings. The van der Waals surface area contributed by atoms with Crippen LogP contribution in [0.2, 0.25) is 0 Å². The van der Waals surface area contributed by atoms with Crippen LogP contribution in [0.4, 0.5) is 0 Å². The monoisotopic (exact) mass is 473 g/mol. The standard InChI is InChI=1S/C27H31N5O3/c1-5-6-7-23(34)22-11-27(4)12-24(27)32(22)25(35)15-31-21-9-8-18(19-13-28-17(3)29-14-19)10-20(21)26(30-31)16(2)33/h8-10,13-14,22,24H,5-7,11-12,15H2,1-4H3/t22-,24+,27-/m0/s1. The molecule has 3 aromatic rings. The third-order valence-electron chi connectivity index (χ3n) is 7.55. The number of amides is 1. The number of unbranched alkanes of at least 4 members (excludes halogenated alkanes) is 1. The third kappa shape index (κ3) is 4.15. The van der Waals surface area contributed by atoms with E-state index in [-0.39, 0.29) is 41.5 Å². The van der Waals surface area contributed by atoms with Gasteiger partial charge in [-0.25, -0.2) is 9.97 Å². The van der Waals surface area contributed by atoms with Crippen molar-refractivity contribution in [3.63, 3.8) is 0 Å². The van der Waals surface area contributed by atoms with Crippen LogP contribution in [0, 0.1) is 12.3 Å². The van der Waals surface area contributed by atoms with Gasteiger partial charge in [-0.3, -0.25) is 19.1 Å². The number of aromatic nitrogens is 4. The number of carbonyl (C=O) groups is 3. The van der Waals surface area contributed by atoms with Crippen molar-refractivity contribution in [3.05, 3.63) is 42.1 Å². The van der Waals surface area contributed by atoms with Gasteiger partial charge >= 0.3 is 0 Å². The number of benzene rings is 1. The molecular weight excluding hydrogens is 442 g/mol. The van der Waals surface area contributed by atoms with E-state index in [1.165, 1.54) is 6.92 Å². The van der Waals surface area contributed by atoms with Gasteiger partial charge in [0, 0.05) is 42.7 Å². The molecule has 0 bridgehead atoms. The van der Waals surface area contributed by atoms with Gasteiger partial charge in [0.25, 0.3) is 0 Å². The van der Waals surface area contributed by atoms with Gasteiger partial charge in [0.15, 0.2) is 11.6 Å². The summed E-state index contributed by atoms with van der Waals surface area (Å²) in [6.07, 6.45) is 7.50. The fourth-order valence-electron chi connectivity index (χ4n) is 5.42. The summed E-state index contributed by atoms with van der Waals surface area (Å²) in [5.41, 5.74) is 2.81. The summed E-state index contributed by atoms with van der Waals surface area (Å²) < 4.78 is 1.61. The smallest absolute Gasteiger partial charge is 0.245 e. The van der Waals surface area contributed by atoms with Crippen molar-refractivity contribution >= 4 is 28.4 Å². The van der Waals surface area contributed by atoms with Gasteiger partial charge in [0.1, 0.15) is 18.1 Å². The Balaban J connectivity index is 1.45. The Morgan fingerprint density at radius 3 is 2.54 bits per heavy atom. The van der Waals surface area contributed by atoms with Crippen LogP contribution in [-0.4, -0.2) is 54.2 Å². The maximum atomic E-state index is 13.5. The Bertz CT molecular complexity index is 1330. The van der Waals surface area contributed by atoms with E-state index >= 15 is 0 Å². The molecule has 182 valence electrons. The van der Waals surface area contributed by atoms with Gasteiger partial charge in [-0.2, -0.15) is 5.10 Å². The molecular formula is C27H31N5O3. The number of piperidine rings is 1. The second-order valence-corrected chi connectivity index (χ2v) is 10.3. The molecule has 3 atom stereocenters. The number of rotatable bonds is 8. The van der Waals surface area contributed by atoms with E-state index < -0.39 is 0 Å². The van der Waals surface area contributed by atoms with Crippen LogP contribution in [0.25, 0.3) is 22.0 Å². The maximum absolute atomic E-state index is 13.5. The van der Waals surface area contributed by atoms with Crippen molar-refractivity contribution in [2.75, 3.05) is 0 Å². The van der Waals surface area contributed by atoms with E-state index in [1.54, 1.807) is 17.1 Å². The molecule has 8 nitrogen and oxygen atoms in total. The zero-order chi connectivity index (χ0) is 24.9. The van der Waals surface area contributed by atoms with E-state index in [2.05, 4.69) is 28.9 Å². The molecule has 2 aromatic heterocycles. The molecule has 1 saturated carbocycles. The summed E-state index contributed by atoms with van der Waals surface area (Å²) in [5.74, 6) is 0.572. The van der Waals surface area contributed by atoms with Crippen molar-refractivity contribution in [2.24, 2.45) is 5.41 Å². The fourth-order valence-corrected chi connectivity index (χ4v) is 5.42. The van der Waals surface area contributed by atoms with E-state index in [4.69, 9.17) is 0 Å². The Kier molecular flexibility index (Phi) is 5.77. The minimum atomic E-state index is -0.347. The SMILES string of the molecule is CCCCC(=O)[C@@H]1C[C@@]2(C)C[C@H]2N1C(=O)Cn1nc(C(C)=O)c2cc(-c3cnc(C)nc3)ccc21. The Morgan fingerprint density at radius 1 is 1.11 bits per heavy atom. The van der Waals surface area contributed by atoms with Crippen LogP contribution in [-0.2, 0) is 16.1 Å². The summed E-state index contributed by atoms with van der Waals surface area (Å²) in [5, 5.41) is 5.22. The second-order valence-electron chi connectivity index (χ2n) is 10.3. The zero-order valence-corrected chi connectivity index (χ0v) is 20.7. The maximum Gasteiger partial charge on any atom is 0.245 e. The van der Waals surface area contributed by atoms with Crippen molar-refractivity contribution in [2.45, 2.75) is 78.4 Å². The number of aryl methyl sites for hydroxylation is 1. The van der Waals surface area contributed by atoms with Crippen molar-refractivity contribution in [3.8, 4) is 11.1 Å². The molecule has 5 rings (SSSR count). The number of carbonyl (C=O) groups excluding carboxylic acids is 3. The lowest BCUT2D eigenvalue weighted by Gasteiger charge is -2.27. The lowest BCUT2D eigenvalue weighted by Crippen LogP contribution is -2.44. The Morgan fingerprint density at radius 2 is 1.86 bits per heavy atom. The largest absolute Gasteiger partial charge is 0.327 e. The summed E-state index contributed by atoms with van der Waals surface area (Å²) >= 11 is 0. The molecule has 1 saturated heterocycles. The predicted molar refractivity (Wildman–Crippen MR) is 132 cm³/mol. The molecule has 0 spiro atoms. The van der Waals surface area contributed by atoms with Gasteiger partial charge in [0.05, 0.1) is 11.6 Å². The topological polar surface area (TPSA) is 98.1 Å². The predicted octanol–water partition coefficient (Wildman–Crippen LogP) is 4.14. The first-order valence-electron chi connectivity index (χ1n) is 12.4. The molecule has 3 heterocycles.